The Bertz CT molecular complexity index is 834. The second kappa shape index (κ2) is 8.19. The number of nitrogens with one attached hydrogen (secondary N) is 2. The van der Waals surface area contributed by atoms with Crippen molar-refractivity contribution in [3.8, 4) is 0 Å². The van der Waals surface area contributed by atoms with E-state index in [1.165, 1.54) is 30.6 Å². The van der Waals surface area contributed by atoms with E-state index in [-0.39, 0.29) is 29.7 Å². The highest BCUT2D eigenvalue weighted by Gasteiger charge is 2.18. The van der Waals surface area contributed by atoms with Gasteiger partial charge in [0.1, 0.15) is 6.33 Å². The zero-order valence-electron chi connectivity index (χ0n) is 14.0. The van der Waals surface area contributed by atoms with Crippen LogP contribution in [0.2, 0.25) is 0 Å². The van der Waals surface area contributed by atoms with Gasteiger partial charge in [0.05, 0.1) is 10.9 Å². The van der Waals surface area contributed by atoms with Gasteiger partial charge in [-0.1, -0.05) is 6.07 Å². The highest BCUT2D eigenvalue weighted by Crippen LogP contribution is 2.14. The fourth-order valence-electron chi connectivity index (χ4n) is 2.20. The highest BCUT2D eigenvalue weighted by atomic mass is 32.2. The first-order valence-electron chi connectivity index (χ1n) is 7.70. The van der Waals surface area contributed by atoms with Crippen LogP contribution < -0.4 is 10.0 Å². The van der Waals surface area contributed by atoms with Crippen molar-refractivity contribution in [2.75, 3.05) is 13.2 Å². The van der Waals surface area contributed by atoms with Crippen LogP contribution in [0.25, 0.3) is 0 Å². The molecule has 0 bridgehead atoms. The minimum Gasteiger partial charge on any atom is -0.396 e. The normalized spacial score (nSPS) is 12.8. The van der Waals surface area contributed by atoms with Crippen molar-refractivity contribution in [1.82, 2.24) is 24.8 Å². The second-order valence-electron chi connectivity index (χ2n) is 5.50. The van der Waals surface area contributed by atoms with Gasteiger partial charge in [-0.2, -0.15) is 0 Å². The minimum absolute atomic E-state index is 0.00981. The molecule has 0 aliphatic carbocycles. The summed E-state index contributed by atoms with van der Waals surface area (Å²) in [6, 6.07) is 5.36. The van der Waals surface area contributed by atoms with Gasteiger partial charge in [0.15, 0.2) is 5.82 Å². The number of sulfonamides is 1. The van der Waals surface area contributed by atoms with E-state index in [4.69, 9.17) is 5.11 Å². The summed E-state index contributed by atoms with van der Waals surface area (Å²) in [6.45, 7) is 1.78. The van der Waals surface area contributed by atoms with Gasteiger partial charge in [-0.25, -0.2) is 13.1 Å². The Morgan fingerprint density at radius 1 is 1.40 bits per heavy atom. The predicted molar refractivity (Wildman–Crippen MR) is 90.2 cm³/mol. The summed E-state index contributed by atoms with van der Waals surface area (Å²) < 4.78 is 28.4. The summed E-state index contributed by atoms with van der Waals surface area (Å²) >= 11 is 0. The summed E-state index contributed by atoms with van der Waals surface area (Å²) in [4.78, 5) is 12.4. The Labute approximate surface area is 146 Å². The van der Waals surface area contributed by atoms with Crippen molar-refractivity contribution >= 4 is 15.9 Å². The first-order chi connectivity index (χ1) is 11.8. The number of carbonyl (C=O) groups excluding carboxylic acids is 1. The first-order valence-corrected chi connectivity index (χ1v) is 9.19. The van der Waals surface area contributed by atoms with Crippen molar-refractivity contribution in [3.63, 3.8) is 0 Å². The predicted octanol–water partition coefficient (Wildman–Crippen LogP) is -0.0332. The summed E-state index contributed by atoms with van der Waals surface area (Å²) in [7, 11) is -1.97. The van der Waals surface area contributed by atoms with Crippen molar-refractivity contribution in [3.05, 3.63) is 42.0 Å². The number of hydrogen-bond donors (Lipinski definition) is 3. The molecule has 0 saturated carbocycles. The number of carbonyl (C=O) groups is 1. The van der Waals surface area contributed by atoms with Crippen LogP contribution >= 0.6 is 0 Å². The number of aromatic nitrogens is 3. The van der Waals surface area contributed by atoms with Crippen LogP contribution in [-0.4, -0.2) is 47.3 Å². The molecule has 0 fully saturated rings. The van der Waals surface area contributed by atoms with Gasteiger partial charge in [0, 0.05) is 25.8 Å². The number of hydrogen-bond acceptors (Lipinski definition) is 6. The molecule has 25 heavy (non-hydrogen) atoms. The Kier molecular flexibility index (Phi) is 6.23. The van der Waals surface area contributed by atoms with Gasteiger partial charge in [0.25, 0.3) is 5.91 Å². The van der Waals surface area contributed by atoms with E-state index in [1.54, 1.807) is 18.5 Å². The van der Waals surface area contributed by atoms with E-state index in [9.17, 15) is 13.2 Å². The molecular weight excluding hydrogens is 346 g/mol. The molecule has 3 N–H and O–H groups in total. The third kappa shape index (κ3) is 4.84. The summed E-state index contributed by atoms with van der Waals surface area (Å²) in [5.74, 6) is 0.172. The molecule has 0 saturated heterocycles. The van der Waals surface area contributed by atoms with Crippen LogP contribution in [0.1, 0.15) is 35.6 Å². The van der Waals surface area contributed by atoms with Gasteiger partial charge in [0.2, 0.25) is 10.0 Å². The molecule has 1 heterocycles. The number of amides is 1. The zero-order chi connectivity index (χ0) is 18.4. The van der Waals surface area contributed by atoms with Gasteiger partial charge < -0.3 is 15.0 Å². The van der Waals surface area contributed by atoms with E-state index in [0.717, 1.165) is 0 Å². The fourth-order valence-corrected chi connectivity index (χ4v) is 3.32. The van der Waals surface area contributed by atoms with Gasteiger partial charge in [-0.05, 0) is 31.5 Å². The number of aliphatic hydroxyl groups is 1. The summed E-state index contributed by atoms with van der Waals surface area (Å²) in [5, 5.41) is 19.2. The quantitative estimate of drug-likeness (QED) is 0.562. The lowest BCUT2D eigenvalue weighted by Crippen LogP contribution is -2.29. The van der Waals surface area contributed by atoms with Crippen molar-refractivity contribution in [2.45, 2.75) is 24.3 Å². The summed E-state index contributed by atoms with van der Waals surface area (Å²) in [5.41, 5.74) is 0.221. The molecule has 9 nitrogen and oxygen atoms in total. The monoisotopic (exact) mass is 367 g/mol. The van der Waals surface area contributed by atoms with Gasteiger partial charge >= 0.3 is 0 Å². The number of rotatable bonds is 8. The molecule has 2 aromatic rings. The standard InChI is InChI=1S/C15H21N5O4S/c1-11(14-19-16-10-20(14)2)18-15(22)12-5-3-6-13(9-12)25(23,24)17-7-4-8-21/h3,5-6,9-11,17,21H,4,7-8H2,1-2H3,(H,18,22). The number of aryl methyl sites for hydroxylation is 1. The van der Waals surface area contributed by atoms with E-state index >= 15 is 0 Å². The maximum Gasteiger partial charge on any atom is 0.251 e. The fraction of sp³-hybridized carbons (Fsp3) is 0.400. The van der Waals surface area contributed by atoms with Crippen LogP contribution in [0, 0.1) is 0 Å². The molecule has 0 radical (unpaired) electrons. The summed E-state index contributed by atoms with van der Waals surface area (Å²) in [6.07, 6.45) is 1.85. The lowest BCUT2D eigenvalue weighted by atomic mass is 10.2. The lowest BCUT2D eigenvalue weighted by Gasteiger charge is -2.13. The molecule has 0 aliphatic heterocycles. The van der Waals surface area contributed by atoms with Crippen LogP contribution in [0.3, 0.4) is 0 Å². The molecule has 1 amide bonds. The number of nitrogens with zero attached hydrogens (tertiary/aromatic N) is 3. The van der Waals surface area contributed by atoms with E-state index in [1.807, 2.05) is 0 Å². The molecule has 1 aromatic heterocycles. The van der Waals surface area contributed by atoms with Crippen LogP contribution in [0.15, 0.2) is 35.5 Å². The van der Waals surface area contributed by atoms with Crippen LogP contribution in [0.5, 0.6) is 0 Å². The maximum atomic E-state index is 12.4. The zero-order valence-corrected chi connectivity index (χ0v) is 14.8. The smallest absolute Gasteiger partial charge is 0.251 e. The van der Waals surface area contributed by atoms with Crippen molar-refractivity contribution in [2.24, 2.45) is 7.05 Å². The highest BCUT2D eigenvalue weighted by molar-refractivity contribution is 7.89. The molecule has 10 heteroatoms. The minimum atomic E-state index is -3.73. The third-order valence-corrected chi connectivity index (χ3v) is 4.97. The third-order valence-electron chi connectivity index (χ3n) is 3.51. The molecule has 0 spiro atoms. The second-order valence-corrected chi connectivity index (χ2v) is 7.26. The lowest BCUT2D eigenvalue weighted by molar-refractivity contribution is 0.0937. The first kappa shape index (κ1) is 19.0. The molecule has 2 rings (SSSR count). The average molecular weight is 367 g/mol. The van der Waals surface area contributed by atoms with Gasteiger partial charge in [-0.15, -0.1) is 10.2 Å². The van der Waals surface area contributed by atoms with E-state index in [0.29, 0.717) is 12.2 Å². The maximum absolute atomic E-state index is 12.4. The van der Waals surface area contributed by atoms with Crippen molar-refractivity contribution < 1.29 is 18.3 Å². The average Bonchev–Trinajstić information content (AvgIpc) is 3.01. The molecule has 1 atom stereocenters. The number of aliphatic hydroxyl groups excluding tert-OH is 1. The Balaban J connectivity index is 2.12. The molecule has 136 valence electrons. The number of benzene rings is 1. The van der Waals surface area contributed by atoms with Crippen molar-refractivity contribution in [1.29, 1.82) is 0 Å². The van der Waals surface area contributed by atoms with E-state index in [2.05, 4.69) is 20.2 Å². The van der Waals surface area contributed by atoms with Crippen LogP contribution in [-0.2, 0) is 17.1 Å². The molecule has 1 unspecified atom stereocenters. The Hall–Kier alpha value is -2.30. The van der Waals surface area contributed by atoms with Gasteiger partial charge in [-0.3, -0.25) is 4.79 Å². The molecular formula is C15H21N5O4S. The topological polar surface area (TPSA) is 126 Å². The van der Waals surface area contributed by atoms with E-state index < -0.39 is 15.9 Å². The SMILES string of the molecule is CC(NC(=O)c1cccc(S(=O)(=O)NCCCO)c1)c1nncn1C. The largest absolute Gasteiger partial charge is 0.396 e. The molecule has 1 aromatic carbocycles. The molecule has 0 aliphatic rings. The van der Waals surface area contributed by atoms with Crippen LogP contribution in [0.4, 0.5) is 0 Å². The Morgan fingerprint density at radius 2 is 2.16 bits per heavy atom. The Morgan fingerprint density at radius 3 is 2.80 bits per heavy atom.